The number of furan rings is 1. The van der Waals surface area contributed by atoms with E-state index in [0.29, 0.717) is 26.1 Å². The third-order valence-electron chi connectivity index (χ3n) is 4.49. The van der Waals surface area contributed by atoms with Crippen molar-refractivity contribution in [3.63, 3.8) is 0 Å². The first-order valence-electron chi connectivity index (χ1n) is 8.12. The maximum atomic E-state index is 11.8. The van der Waals surface area contributed by atoms with E-state index in [9.17, 15) is 9.90 Å². The number of likely N-dealkylation sites (tertiary alicyclic amines) is 1. The summed E-state index contributed by atoms with van der Waals surface area (Å²) in [7, 11) is 1.62. The smallest absolute Gasteiger partial charge is 0.311 e. The molecule has 22 heavy (non-hydrogen) atoms. The van der Waals surface area contributed by atoms with Gasteiger partial charge in [0.25, 0.3) is 0 Å². The van der Waals surface area contributed by atoms with E-state index >= 15 is 0 Å². The summed E-state index contributed by atoms with van der Waals surface area (Å²) in [6.07, 6.45) is 4.21. The molecule has 0 radical (unpaired) electrons. The monoisotopic (exact) mass is 309 g/mol. The van der Waals surface area contributed by atoms with Crippen molar-refractivity contribution < 1.29 is 19.1 Å². The van der Waals surface area contributed by atoms with E-state index in [-0.39, 0.29) is 0 Å². The highest BCUT2D eigenvalue weighted by Gasteiger charge is 2.42. The van der Waals surface area contributed by atoms with Crippen molar-refractivity contribution in [3.05, 3.63) is 23.7 Å². The normalized spacial score (nSPS) is 22.8. The van der Waals surface area contributed by atoms with Crippen molar-refractivity contribution in [2.75, 3.05) is 26.8 Å². The molecule has 2 rings (SSSR count). The number of ether oxygens (including phenoxy) is 1. The largest absolute Gasteiger partial charge is 0.481 e. The minimum absolute atomic E-state index is 0.488. The average Bonchev–Trinajstić information content (AvgIpc) is 2.93. The van der Waals surface area contributed by atoms with Gasteiger partial charge in [0.1, 0.15) is 11.5 Å². The number of hydrogen-bond acceptors (Lipinski definition) is 4. The van der Waals surface area contributed by atoms with Crippen molar-refractivity contribution in [1.82, 2.24) is 4.90 Å². The van der Waals surface area contributed by atoms with Crippen LogP contribution in [0.25, 0.3) is 0 Å². The Morgan fingerprint density at radius 1 is 1.45 bits per heavy atom. The van der Waals surface area contributed by atoms with Crippen molar-refractivity contribution in [1.29, 1.82) is 0 Å². The number of aryl methyl sites for hydroxylation is 1. The summed E-state index contributed by atoms with van der Waals surface area (Å²) in [4.78, 5) is 14.0. The van der Waals surface area contributed by atoms with Gasteiger partial charge in [0.2, 0.25) is 0 Å². The topological polar surface area (TPSA) is 62.9 Å². The van der Waals surface area contributed by atoms with Crippen LogP contribution in [0.15, 0.2) is 16.5 Å². The van der Waals surface area contributed by atoms with Gasteiger partial charge in [-0.3, -0.25) is 9.69 Å². The number of nitrogens with zero attached hydrogens (tertiary/aromatic N) is 1. The predicted molar refractivity (Wildman–Crippen MR) is 83.8 cm³/mol. The van der Waals surface area contributed by atoms with Gasteiger partial charge in [-0.1, -0.05) is 6.92 Å². The summed E-state index contributed by atoms with van der Waals surface area (Å²) in [6, 6.07) is 4.04. The molecule has 0 aromatic carbocycles. The van der Waals surface area contributed by atoms with Gasteiger partial charge in [-0.25, -0.2) is 0 Å². The highest BCUT2D eigenvalue weighted by molar-refractivity contribution is 5.75. The minimum Gasteiger partial charge on any atom is -0.481 e. The van der Waals surface area contributed by atoms with E-state index in [2.05, 4.69) is 11.8 Å². The number of carboxylic acids is 1. The van der Waals surface area contributed by atoms with Gasteiger partial charge >= 0.3 is 5.97 Å². The molecule has 124 valence electrons. The molecule has 1 aromatic heterocycles. The molecule has 1 aromatic rings. The van der Waals surface area contributed by atoms with Crippen LogP contribution < -0.4 is 0 Å². The Kier molecular flexibility index (Phi) is 6.03. The van der Waals surface area contributed by atoms with Crippen LogP contribution in [-0.4, -0.2) is 42.8 Å². The fraction of sp³-hybridized carbons (Fsp3) is 0.706. The zero-order valence-electron chi connectivity index (χ0n) is 13.6. The fourth-order valence-electron chi connectivity index (χ4n) is 3.25. The second kappa shape index (κ2) is 7.79. The van der Waals surface area contributed by atoms with Gasteiger partial charge in [-0.15, -0.1) is 0 Å². The Bertz CT molecular complexity index is 485. The first kappa shape index (κ1) is 17.0. The highest BCUT2D eigenvalue weighted by atomic mass is 16.5. The van der Waals surface area contributed by atoms with Gasteiger partial charge < -0.3 is 14.3 Å². The lowest BCUT2D eigenvalue weighted by Crippen LogP contribution is -2.48. The molecule has 0 amide bonds. The fourth-order valence-corrected chi connectivity index (χ4v) is 3.25. The van der Waals surface area contributed by atoms with Crippen LogP contribution in [0.3, 0.4) is 0 Å². The number of carbonyl (C=O) groups is 1. The van der Waals surface area contributed by atoms with Crippen LogP contribution in [0.4, 0.5) is 0 Å². The Morgan fingerprint density at radius 3 is 2.91 bits per heavy atom. The second-order valence-electron chi connectivity index (χ2n) is 6.26. The SMILES string of the molecule is CCCc1ccc(CN2CCC[C@@](CCOC)(C(=O)O)C2)o1. The van der Waals surface area contributed by atoms with Crippen LogP contribution in [0.5, 0.6) is 0 Å². The average molecular weight is 309 g/mol. The van der Waals surface area contributed by atoms with Gasteiger partial charge in [0.15, 0.2) is 0 Å². The molecule has 1 N–H and O–H groups in total. The molecule has 1 aliphatic heterocycles. The van der Waals surface area contributed by atoms with Crippen LogP contribution in [0, 0.1) is 5.41 Å². The highest BCUT2D eigenvalue weighted by Crippen LogP contribution is 2.34. The molecule has 1 saturated heterocycles. The summed E-state index contributed by atoms with van der Waals surface area (Å²) in [5.74, 6) is 1.23. The maximum Gasteiger partial charge on any atom is 0.311 e. The quantitative estimate of drug-likeness (QED) is 0.800. The number of piperidine rings is 1. The van der Waals surface area contributed by atoms with E-state index in [1.54, 1.807) is 7.11 Å². The Morgan fingerprint density at radius 2 is 2.23 bits per heavy atom. The van der Waals surface area contributed by atoms with Crippen LogP contribution in [-0.2, 0) is 22.5 Å². The standard InChI is InChI=1S/C17H27NO4/c1-3-5-14-6-7-15(22-14)12-18-10-4-8-17(13-18,16(19)20)9-11-21-2/h6-7H,3-5,8-13H2,1-2H3,(H,19,20)/t17-/m0/s1. The summed E-state index contributed by atoms with van der Waals surface area (Å²) < 4.78 is 10.9. The molecule has 1 fully saturated rings. The number of methoxy groups -OCH3 is 1. The zero-order valence-corrected chi connectivity index (χ0v) is 13.6. The Balaban J connectivity index is 2.00. The van der Waals surface area contributed by atoms with Crippen LogP contribution >= 0.6 is 0 Å². The van der Waals surface area contributed by atoms with Crippen LogP contribution in [0.2, 0.25) is 0 Å². The Hall–Kier alpha value is -1.33. The van der Waals surface area contributed by atoms with E-state index in [4.69, 9.17) is 9.15 Å². The van der Waals surface area contributed by atoms with Crippen LogP contribution in [0.1, 0.15) is 44.1 Å². The van der Waals surface area contributed by atoms with E-state index in [0.717, 1.165) is 43.7 Å². The summed E-state index contributed by atoms with van der Waals surface area (Å²) in [6.45, 7) is 4.79. The van der Waals surface area contributed by atoms with Crippen molar-refractivity contribution >= 4 is 5.97 Å². The second-order valence-corrected chi connectivity index (χ2v) is 6.26. The van der Waals surface area contributed by atoms with Crippen molar-refractivity contribution in [2.45, 2.75) is 45.6 Å². The van der Waals surface area contributed by atoms with E-state index in [1.807, 2.05) is 12.1 Å². The molecular weight excluding hydrogens is 282 g/mol. The molecule has 0 bridgehead atoms. The first-order valence-corrected chi connectivity index (χ1v) is 8.12. The minimum atomic E-state index is -0.708. The van der Waals surface area contributed by atoms with Crippen molar-refractivity contribution in [3.8, 4) is 0 Å². The molecule has 2 heterocycles. The molecule has 5 heteroatoms. The van der Waals surface area contributed by atoms with E-state index in [1.165, 1.54) is 0 Å². The van der Waals surface area contributed by atoms with Gasteiger partial charge in [0, 0.05) is 26.7 Å². The lowest BCUT2D eigenvalue weighted by atomic mass is 9.77. The van der Waals surface area contributed by atoms with Gasteiger partial charge in [-0.2, -0.15) is 0 Å². The number of hydrogen-bond donors (Lipinski definition) is 1. The number of aliphatic carboxylic acids is 1. The lowest BCUT2D eigenvalue weighted by Gasteiger charge is -2.39. The maximum absolute atomic E-state index is 11.8. The molecule has 0 aliphatic carbocycles. The predicted octanol–water partition coefficient (Wildman–Crippen LogP) is 2.94. The third-order valence-corrected chi connectivity index (χ3v) is 4.49. The van der Waals surface area contributed by atoms with Gasteiger partial charge in [-0.05, 0) is 44.4 Å². The summed E-state index contributed by atoms with van der Waals surface area (Å²) >= 11 is 0. The molecule has 1 atom stereocenters. The summed E-state index contributed by atoms with van der Waals surface area (Å²) in [5.41, 5.74) is -0.687. The number of rotatable bonds is 8. The van der Waals surface area contributed by atoms with E-state index < -0.39 is 11.4 Å². The first-order chi connectivity index (χ1) is 10.6. The van der Waals surface area contributed by atoms with Gasteiger partial charge in [0.05, 0.1) is 12.0 Å². The molecule has 0 saturated carbocycles. The Labute approximate surface area is 132 Å². The summed E-state index contributed by atoms with van der Waals surface area (Å²) in [5, 5.41) is 9.67. The molecular formula is C17H27NO4. The number of carboxylic acid groups (broad SMARTS) is 1. The third kappa shape index (κ3) is 4.11. The molecule has 5 nitrogen and oxygen atoms in total. The van der Waals surface area contributed by atoms with Crippen molar-refractivity contribution in [2.24, 2.45) is 5.41 Å². The molecule has 0 spiro atoms. The molecule has 0 unspecified atom stereocenters. The lowest BCUT2D eigenvalue weighted by molar-refractivity contribution is -0.154. The molecule has 1 aliphatic rings. The zero-order chi connectivity index (χ0) is 16.0.